The Morgan fingerprint density at radius 1 is 1.34 bits per heavy atom. The number of rotatable bonds is 8. The number of hydrogen-bond donors (Lipinski definition) is 2. The smallest absolute Gasteiger partial charge is 0.261 e. The van der Waals surface area contributed by atoms with Gasteiger partial charge in [0.15, 0.2) is 0 Å². The summed E-state index contributed by atoms with van der Waals surface area (Å²) in [5.41, 5.74) is 5.29. The standard InChI is InChI=1S/C23H26N4O2/c1-16-12-19(17(2)27(16)10-11-29-3)13-20(14-24)23(28)25-9-8-18-15-26-22-7-5-4-6-21(18)22/h4-7,12-13,15,26H,8-11H2,1-3H3,(H,25,28)/b20-13+. The van der Waals surface area contributed by atoms with Crippen molar-refractivity contribution >= 4 is 22.9 Å². The van der Waals surface area contributed by atoms with Crippen LogP contribution < -0.4 is 5.32 Å². The molecule has 2 aromatic heterocycles. The first-order valence-electron chi connectivity index (χ1n) is 9.65. The van der Waals surface area contributed by atoms with Crippen LogP contribution in [0.25, 0.3) is 17.0 Å². The van der Waals surface area contributed by atoms with Gasteiger partial charge in [-0.25, -0.2) is 0 Å². The molecule has 0 atom stereocenters. The van der Waals surface area contributed by atoms with E-state index in [-0.39, 0.29) is 11.5 Å². The minimum Gasteiger partial charge on any atom is -0.383 e. The van der Waals surface area contributed by atoms with E-state index in [9.17, 15) is 10.1 Å². The zero-order valence-electron chi connectivity index (χ0n) is 17.1. The number of methoxy groups -OCH3 is 1. The number of aryl methyl sites for hydroxylation is 1. The molecule has 29 heavy (non-hydrogen) atoms. The Bertz CT molecular complexity index is 1080. The van der Waals surface area contributed by atoms with Crippen LogP contribution in [-0.2, 0) is 22.5 Å². The Balaban J connectivity index is 1.67. The van der Waals surface area contributed by atoms with Crippen LogP contribution in [0.5, 0.6) is 0 Å². The Morgan fingerprint density at radius 2 is 2.14 bits per heavy atom. The molecule has 1 aromatic carbocycles. The highest BCUT2D eigenvalue weighted by Gasteiger charge is 2.13. The summed E-state index contributed by atoms with van der Waals surface area (Å²) in [5, 5.41) is 13.5. The van der Waals surface area contributed by atoms with Crippen molar-refractivity contribution in [2.45, 2.75) is 26.8 Å². The summed E-state index contributed by atoms with van der Waals surface area (Å²) in [6.07, 6.45) is 4.32. The van der Waals surface area contributed by atoms with Crippen molar-refractivity contribution in [3.05, 3.63) is 64.6 Å². The number of benzene rings is 1. The number of para-hydroxylation sites is 1. The molecule has 3 aromatic rings. The van der Waals surface area contributed by atoms with Gasteiger partial charge in [0.05, 0.1) is 6.61 Å². The largest absolute Gasteiger partial charge is 0.383 e. The molecular formula is C23H26N4O2. The normalized spacial score (nSPS) is 11.6. The number of aromatic amines is 1. The number of carbonyl (C=O) groups excluding carboxylic acids is 1. The number of fused-ring (bicyclic) bond motifs is 1. The molecule has 0 aliphatic rings. The first-order valence-corrected chi connectivity index (χ1v) is 9.65. The summed E-state index contributed by atoms with van der Waals surface area (Å²) in [4.78, 5) is 15.7. The number of H-pyrrole nitrogens is 1. The van der Waals surface area contributed by atoms with Crippen LogP contribution in [0.3, 0.4) is 0 Å². The minimum atomic E-state index is -0.353. The van der Waals surface area contributed by atoms with E-state index >= 15 is 0 Å². The van der Waals surface area contributed by atoms with Gasteiger partial charge in [0.25, 0.3) is 5.91 Å². The average Bonchev–Trinajstić information content (AvgIpc) is 3.25. The van der Waals surface area contributed by atoms with E-state index in [2.05, 4.69) is 20.9 Å². The van der Waals surface area contributed by atoms with Crippen LogP contribution in [0.1, 0.15) is 22.5 Å². The van der Waals surface area contributed by atoms with Gasteiger partial charge in [0.1, 0.15) is 11.6 Å². The molecular weight excluding hydrogens is 364 g/mol. The fourth-order valence-electron chi connectivity index (χ4n) is 3.55. The molecule has 3 rings (SSSR count). The Labute approximate surface area is 170 Å². The number of nitriles is 1. The summed E-state index contributed by atoms with van der Waals surface area (Å²) in [6.45, 7) is 5.80. The summed E-state index contributed by atoms with van der Waals surface area (Å²) in [7, 11) is 1.67. The second-order valence-corrected chi connectivity index (χ2v) is 7.01. The third kappa shape index (κ3) is 4.58. The Morgan fingerprint density at radius 3 is 2.90 bits per heavy atom. The maximum absolute atomic E-state index is 12.5. The molecule has 0 spiro atoms. The van der Waals surface area contributed by atoms with Crippen molar-refractivity contribution in [2.24, 2.45) is 0 Å². The van der Waals surface area contributed by atoms with Gasteiger partial charge in [-0.2, -0.15) is 5.26 Å². The molecule has 2 heterocycles. The van der Waals surface area contributed by atoms with E-state index in [1.54, 1.807) is 13.2 Å². The number of amides is 1. The van der Waals surface area contributed by atoms with E-state index in [1.165, 1.54) is 0 Å². The van der Waals surface area contributed by atoms with Crippen molar-refractivity contribution in [1.82, 2.24) is 14.9 Å². The fourth-order valence-corrected chi connectivity index (χ4v) is 3.55. The molecule has 1 amide bonds. The minimum absolute atomic E-state index is 0.107. The third-order valence-electron chi connectivity index (χ3n) is 5.15. The van der Waals surface area contributed by atoms with Gasteiger partial charge in [-0.05, 0) is 49.6 Å². The summed E-state index contributed by atoms with van der Waals surface area (Å²) < 4.78 is 7.28. The lowest BCUT2D eigenvalue weighted by Gasteiger charge is -2.08. The molecule has 0 unspecified atom stereocenters. The van der Waals surface area contributed by atoms with Crippen LogP contribution in [0, 0.1) is 25.2 Å². The van der Waals surface area contributed by atoms with Crippen LogP contribution >= 0.6 is 0 Å². The van der Waals surface area contributed by atoms with Gasteiger partial charge in [-0.3, -0.25) is 4.79 Å². The lowest BCUT2D eigenvalue weighted by atomic mass is 10.1. The molecule has 6 heteroatoms. The number of nitrogens with zero attached hydrogens (tertiary/aromatic N) is 2. The Hall–Kier alpha value is -3.30. The Kier molecular flexibility index (Phi) is 6.53. The van der Waals surface area contributed by atoms with E-state index < -0.39 is 0 Å². The molecule has 150 valence electrons. The van der Waals surface area contributed by atoms with Crippen molar-refractivity contribution in [1.29, 1.82) is 5.26 Å². The third-order valence-corrected chi connectivity index (χ3v) is 5.15. The van der Waals surface area contributed by atoms with Crippen molar-refractivity contribution in [3.63, 3.8) is 0 Å². The second-order valence-electron chi connectivity index (χ2n) is 7.01. The van der Waals surface area contributed by atoms with Gasteiger partial charge in [0.2, 0.25) is 0 Å². The molecule has 0 bridgehead atoms. The highest BCUT2D eigenvalue weighted by atomic mass is 16.5. The molecule has 0 aliphatic heterocycles. The lowest BCUT2D eigenvalue weighted by molar-refractivity contribution is -0.117. The van der Waals surface area contributed by atoms with Gasteiger partial charge in [-0.1, -0.05) is 18.2 Å². The number of aromatic nitrogens is 2. The number of carbonyl (C=O) groups is 1. The zero-order chi connectivity index (χ0) is 20.8. The summed E-state index contributed by atoms with van der Waals surface area (Å²) in [5.74, 6) is -0.353. The predicted octanol–water partition coefficient (Wildman–Crippen LogP) is 3.50. The predicted molar refractivity (Wildman–Crippen MR) is 114 cm³/mol. The highest BCUT2D eigenvalue weighted by Crippen LogP contribution is 2.19. The lowest BCUT2D eigenvalue weighted by Crippen LogP contribution is -2.26. The molecule has 0 saturated heterocycles. The zero-order valence-corrected chi connectivity index (χ0v) is 17.1. The van der Waals surface area contributed by atoms with Crippen molar-refractivity contribution in [2.75, 3.05) is 20.3 Å². The number of ether oxygens (including phenoxy) is 1. The average molecular weight is 390 g/mol. The van der Waals surface area contributed by atoms with Crippen LogP contribution in [0.2, 0.25) is 0 Å². The topological polar surface area (TPSA) is 82.8 Å². The molecule has 0 fully saturated rings. The molecule has 0 radical (unpaired) electrons. The fraction of sp³-hybridized carbons (Fsp3) is 0.304. The van der Waals surface area contributed by atoms with E-state index in [0.717, 1.165) is 40.0 Å². The van der Waals surface area contributed by atoms with E-state index in [0.29, 0.717) is 19.6 Å². The van der Waals surface area contributed by atoms with Crippen molar-refractivity contribution in [3.8, 4) is 6.07 Å². The van der Waals surface area contributed by atoms with Gasteiger partial charge in [0, 0.05) is 48.7 Å². The summed E-state index contributed by atoms with van der Waals surface area (Å²) >= 11 is 0. The summed E-state index contributed by atoms with van der Waals surface area (Å²) in [6, 6.07) is 12.1. The van der Waals surface area contributed by atoms with Gasteiger partial charge >= 0.3 is 0 Å². The van der Waals surface area contributed by atoms with Gasteiger partial charge < -0.3 is 19.6 Å². The number of nitrogens with one attached hydrogen (secondary N) is 2. The van der Waals surface area contributed by atoms with E-state index in [4.69, 9.17) is 4.74 Å². The highest BCUT2D eigenvalue weighted by molar-refractivity contribution is 6.01. The van der Waals surface area contributed by atoms with Crippen LogP contribution in [0.4, 0.5) is 0 Å². The first kappa shape index (κ1) is 20.4. The molecule has 6 nitrogen and oxygen atoms in total. The quantitative estimate of drug-likeness (QED) is 0.456. The van der Waals surface area contributed by atoms with Crippen LogP contribution in [0.15, 0.2) is 42.1 Å². The second kappa shape index (κ2) is 9.26. The maximum Gasteiger partial charge on any atom is 0.261 e. The first-order chi connectivity index (χ1) is 14.0. The van der Waals surface area contributed by atoms with Crippen LogP contribution in [-0.4, -0.2) is 35.7 Å². The molecule has 0 saturated carbocycles. The number of hydrogen-bond acceptors (Lipinski definition) is 3. The van der Waals surface area contributed by atoms with Crippen molar-refractivity contribution < 1.29 is 9.53 Å². The SMILES string of the molecule is COCCn1c(C)cc(/C=C(\C#N)C(=O)NCCc2c[nH]c3ccccc23)c1C. The van der Waals surface area contributed by atoms with E-state index in [1.807, 2.05) is 50.4 Å². The molecule has 0 aliphatic carbocycles. The van der Waals surface area contributed by atoms with Gasteiger partial charge in [-0.15, -0.1) is 0 Å². The molecule has 2 N–H and O–H groups in total. The maximum atomic E-state index is 12.5. The monoisotopic (exact) mass is 390 g/mol.